The number of anilines is 1. The third kappa shape index (κ3) is 4.42. The first-order chi connectivity index (χ1) is 10.6. The normalized spacial score (nSPS) is 10.5. The van der Waals surface area contributed by atoms with Crippen LogP contribution in [-0.2, 0) is 4.79 Å². The van der Waals surface area contributed by atoms with Crippen molar-refractivity contribution >= 4 is 22.4 Å². The maximum atomic E-state index is 11.9. The smallest absolute Gasteiger partial charge is 0.264 e. The van der Waals surface area contributed by atoms with Crippen molar-refractivity contribution < 1.29 is 14.3 Å². The Labute approximate surface area is 133 Å². The van der Waals surface area contributed by atoms with E-state index in [2.05, 4.69) is 15.5 Å². The molecule has 2 aromatic rings. The molecule has 0 unspecified atom stereocenters. The van der Waals surface area contributed by atoms with Crippen molar-refractivity contribution in [1.82, 2.24) is 10.2 Å². The molecule has 1 aromatic carbocycles. The summed E-state index contributed by atoms with van der Waals surface area (Å²) in [6, 6.07) is 7.25. The van der Waals surface area contributed by atoms with E-state index in [-0.39, 0.29) is 18.4 Å². The van der Waals surface area contributed by atoms with Gasteiger partial charge in [0.25, 0.3) is 5.91 Å². The van der Waals surface area contributed by atoms with E-state index in [1.165, 1.54) is 11.3 Å². The second-order valence-electron chi connectivity index (χ2n) is 4.82. The van der Waals surface area contributed by atoms with Gasteiger partial charge in [0.15, 0.2) is 18.1 Å². The standard InChI is InChI=1S/C15H19N3O3S/c1-4-20-11-7-5-6-8-12(11)21-9-13(19)16-15-18-17-14(22-15)10(2)3/h5-8,10H,4,9H2,1-3H3,(H,16,18,19). The average Bonchev–Trinajstić information content (AvgIpc) is 2.95. The fraction of sp³-hybridized carbons (Fsp3) is 0.400. The van der Waals surface area contributed by atoms with Gasteiger partial charge >= 0.3 is 0 Å². The molecule has 7 heteroatoms. The summed E-state index contributed by atoms with van der Waals surface area (Å²) in [6.45, 7) is 6.38. The number of amides is 1. The van der Waals surface area contributed by atoms with Gasteiger partial charge in [0, 0.05) is 5.92 Å². The molecule has 0 spiro atoms. The van der Waals surface area contributed by atoms with Crippen LogP contribution in [0.4, 0.5) is 5.13 Å². The Bertz CT molecular complexity index is 628. The number of hydrogen-bond acceptors (Lipinski definition) is 6. The zero-order valence-corrected chi connectivity index (χ0v) is 13.6. The maximum absolute atomic E-state index is 11.9. The zero-order valence-electron chi connectivity index (χ0n) is 12.8. The summed E-state index contributed by atoms with van der Waals surface area (Å²) >= 11 is 1.37. The molecule has 118 valence electrons. The van der Waals surface area contributed by atoms with Gasteiger partial charge in [-0.05, 0) is 19.1 Å². The van der Waals surface area contributed by atoms with Gasteiger partial charge in [0.2, 0.25) is 5.13 Å². The largest absolute Gasteiger partial charge is 0.490 e. The number of hydrogen-bond donors (Lipinski definition) is 1. The highest BCUT2D eigenvalue weighted by atomic mass is 32.1. The summed E-state index contributed by atoms with van der Waals surface area (Å²) < 4.78 is 10.9. The number of benzene rings is 1. The molecule has 0 aliphatic rings. The molecule has 1 amide bonds. The Morgan fingerprint density at radius 2 is 1.91 bits per heavy atom. The van der Waals surface area contributed by atoms with Crippen molar-refractivity contribution in [3.8, 4) is 11.5 Å². The van der Waals surface area contributed by atoms with Crippen molar-refractivity contribution in [3.05, 3.63) is 29.3 Å². The van der Waals surface area contributed by atoms with E-state index in [1.807, 2.05) is 32.9 Å². The summed E-state index contributed by atoms with van der Waals surface area (Å²) in [5.41, 5.74) is 0. The SMILES string of the molecule is CCOc1ccccc1OCC(=O)Nc1nnc(C(C)C)s1. The summed E-state index contributed by atoms with van der Waals surface area (Å²) in [5, 5.41) is 12.0. The third-order valence-corrected chi connectivity index (χ3v) is 3.83. The number of carbonyl (C=O) groups excluding carboxylic acids is 1. The topological polar surface area (TPSA) is 73.3 Å². The molecule has 0 aliphatic carbocycles. The van der Waals surface area contributed by atoms with Crippen LogP contribution >= 0.6 is 11.3 Å². The fourth-order valence-electron chi connectivity index (χ4n) is 1.66. The highest BCUT2D eigenvalue weighted by Crippen LogP contribution is 2.26. The van der Waals surface area contributed by atoms with Gasteiger partial charge in [0.05, 0.1) is 6.61 Å². The molecular formula is C15H19N3O3S. The molecule has 2 rings (SSSR count). The van der Waals surface area contributed by atoms with E-state index in [1.54, 1.807) is 12.1 Å². The van der Waals surface area contributed by atoms with Crippen LogP contribution in [0.15, 0.2) is 24.3 Å². The summed E-state index contributed by atoms with van der Waals surface area (Å²) in [7, 11) is 0. The zero-order chi connectivity index (χ0) is 15.9. The van der Waals surface area contributed by atoms with Crippen LogP contribution in [-0.4, -0.2) is 29.3 Å². The average molecular weight is 321 g/mol. The van der Waals surface area contributed by atoms with Gasteiger partial charge in [-0.2, -0.15) is 0 Å². The third-order valence-electron chi connectivity index (χ3n) is 2.69. The second kappa shape index (κ2) is 7.74. The van der Waals surface area contributed by atoms with E-state index < -0.39 is 0 Å². The highest BCUT2D eigenvalue weighted by molar-refractivity contribution is 7.15. The van der Waals surface area contributed by atoms with Gasteiger partial charge in [-0.15, -0.1) is 10.2 Å². The predicted octanol–water partition coefficient (Wildman–Crippen LogP) is 3.08. The molecule has 22 heavy (non-hydrogen) atoms. The second-order valence-corrected chi connectivity index (χ2v) is 5.83. The summed E-state index contributed by atoms with van der Waals surface area (Å²) in [6.07, 6.45) is 0. The molecule has 0 bridgehead atoms. The quantitative estimate of drug-likeness (QED) is 0.848. The minimum atomic E-state index is -0.280. The molecule has 0 aliphatic heterocycles. The number of aromatic nitrogens is 2. The lowest BCUT2D eigenvalue weighted by Crippen LogP contribution is -2.20. The molecule has 0 saturated heterocycles. The number of rotatable bonds is 7. The molecule has 0 radical (unpaired) electrons. The van der Waals surface area contributed by atoms with Crippen molar-refractivity contribution in [2.24, 2.45) is 0 Å². The molecule has 0 saturated carbocycles. The summed E-state index contributed by atoms with van der Waals surface area (Å²) in [4.78, 5) is 11.9. The van der Waals surface area contributed by atoms with Gasteiger partial charge in [-0.25, -0.2) is 0 Å². The molecule has 0 atom stereocenters. The lowest BCUT2D eigenvalue weighted by molar-refractivity contribution is -0.118. The molecule has 1 N–H and O–H groups in total. The number of para-hydroxylation sites is 2. The Morgan fingerprint density at radius 3 is 2.50 bits per heavy atom. The maximum Gasteiger partial charge on any atom is 0.264 e. The van der Waals surface area contributed by atoms with Crippen LogP contribution in [0.2, 0.25) is 0 Å². The fourth-order valence-corrected chi connectivity index (χ4v) is 2.42. The van der Waals surface area contributed by atoms with Gasteiger partial charge in [-0.3, -0.25) is 10.1 Å². The van der Waals surface area contributed by atoms with Crippen LogP contribution in [0.5, 0.6) is 11.5 Å². The molecule has 0 fully saturated rings. The first-order valence-corrected chi connectivity index (χ1v) is 7.89. The Hall–Kier alpha value is -2.15. The Kier molecular flexibility index (Phi) is 5.71. The van der Waals surface area contributed by atoms with Crippen LogP contribution < -0.4 is 14.8 Å². The van der Waals surface area contributed by atoms with Gasteiger partial charge < -0.3 is 9.47 Å². The monoisotopic (exact) mass is 321 g/mol. The van der Waals surface area contributed by atoms with E-state index >= 15 is 0 Å². The number of ether oxygens (including phenoxy) is 2. The summed E-state index contributed by atoms with van der Waals surface area (Å²) in [5.74, 6) is 1.17. The minimum Gasteiger partial charge on any atom is -0.490 e. The lowest BCUT2D eigenvalue weighted by atomic mass is 10.2. The highest BCUT2D eigenvalue weighted by Gasteiger charge is 2.12. The Balaban J connectivity index is 1.90. The van der Waals surface area contributed by atoms with E-state index in [4.69, 9.17) is 9.47 Å². The predicted molar refractivity (Wildman–Crippen MR) is 85.7 cm³/mol. The first kappa shape index (κ1) is 16.2. The Morgan fingerprint density at radius 1 is 1.23 bits per heavy atom. The van der Waals surface area contributed by atoms with E-state index in [0.29, 0.717) is 23.2 Å². The van der Waals surface area contributed by atoms with Crippen LogP contribution in [0.3, 0.4) is 0 Å². The minimum absolute atomic E-state index is 0.110. The van der Waals surface area contributed by atoms with E-state index in [0.717, 1.165) is 5.01 Å². The van der Waals surface area contributed by atoms with Crippen molar-refractivity contribution in [3.63, 3.8) is 0 Å². The van der Waals surface area contributed by atoms with Crippen LogP contribution in [0, 0.1) is 0 Å². The number of nitrogens with zero attached hydrogens (tertiary/aromatic N) is 2. The number of nitrogens with one attached hydrogen (secondary N) is 1. The van der Waals surface area contributed by atoms with Gasteiger partial charge in [-0.1, -0.05) is 37.3 Å². The molecule has 1 heterocycles. The first-order valence-electron chi connectivity index (χ1n) is 7.08. The van der Waals surface area contributed by atoms with Crippen molar-refractivity contribution in [1.29, 1.82) is 0 Å². The van der Waals surface area contributed by atoms with Crippen molar-refractivity contribution in [2.45, 2.75) is 26.7 Å². The van der Waals surface area contributed by atoms with Gasteiger partial charge in [0.1, 0.15) is 5.01 Å². The van der Waals surface area contributed by atoms with Crippen LogP contribution in [0.1, 0.15) is 31.7 Å². The van der Waals surface area contributed by atoms with Crippen molar-refractivity contribution in [2.75, 3.05) is 18.5 Å². The van der Waals surface area contributed by atoms with E-state index in [9.17, 15) is 4.79 Å². The lowest BCUT2D eigenvalue weighted by Gasteiger charge is -2.10. The molecular weight excluding hydrogens is 302 g/mol. The van der Waals surface area contributed by atoms with Crippen LogP contribution in [0.25, 0.3) is 0 Å². The molecule has 6 nitrogen and oxygen atoms in total. The molecule has 1 aromatic heterocycles. The number of carbonyl (C=O) groups is 1.